The smallest absolute Gasteiger partial charge is 0.0950 e. The maximum absolute atomic E-state index is 11.4. The number of rotatable bonds is 1. The molecule has 2 rings (SSSR count). The Labute approximate surface area is 80.0 Å². The van der Waals surface area contributed by atoms with Crippen LogP contribution in [0.2, 0.25) is 0 Å². The van der Waals surface area contributed by atoms with Gasteiger partial charge in [0.15, 0.2) is 0 Å². The molecule has 3 nitrogen and oxygen atoms in total. The van der Waals surface area contributed by atoms with Gasteiger partial charge in [-0.3, -0.25) is 4.21 Å². The van der Waals surface area contributed by atoms with E-state index >= 15 is 0 Å². The van der Waals surface area contributed by atoms with E-state index in [1.807, 2.05) is 6.07 Å². The topological polar surface area (TPSA) is 42.2 Å². The lowest BCUT2D eigenvalue weighted by atomic mass is 10.2. The molecule has 1 aromatic heterocycles. The van der Waals surface area contributed by atoms with Crippen molar-refractivity contribution in [3.8, 4) is 0 Å². The standard InChI is InChI=1S/C9H13NO2S/c11-13-5-1-3-10-9(7-13)8-2-4-12-6-8/h2,4,6,9-10H,1,3,5,7H2. The van der Waals surface area contributed by atoms with Crippen LogP contribution in [0.3, 0.4) is 0 Å². The summed E-state index contributed by atoms with van der Waals surface area (Å²) in [5, 5.41) is 3.36. The fourth-order valence-corrected chi connectivity index (χ4v) is 2.84. The summed E-state index contributed by atoms with van der Waals surface area (Å²) in [6, 6.07) is 2.14. The number of nitrogens with one attached hydrogen (secondary N) is 1. The molecule has 0 aromatic carbocycles. The fourth-order valence-electron chi connectivity index (χ4n) is 1.52. The van der Waals surface area contributed by atoms with Crippen molar-refractivity contribution in [3.63, 3.8) is 0 Å². The molecular formula is C9H13NO2S. The highest BCUT2D eigenvalue weighted by Crippen LogP contribution is 2.16. The second kappa shape index (κ2) is 4.07. The Morgan fingerprint density at radius 2 is 2.54 bits per heavy atom. The molecule has 0 amide bonds. The van der Waals surface area contributed by atoms with Gasteiger partial charge in [-0.2, -0.15) is 0 Å². The largest absolute Gasteiger partial charge is 0.472 e. The Morgan fingerprint density at radius 3 is 3.31 bits per heavy atom. The molecule has 2 atom stereocenters. The highest BCUT2D eigenvalue weighted by Gasteiger charge is 2.18. The summed E-state index contributed by atoms with van der Waals surface area (Å²) in [4.78, 5) is 0. The zero-order chi connectivity index (χ0) is 9.10. The molecular weight excluding hydrogens is 186 g/mol. The van der Waals surface area contributed by atoms with Crippen molar-refractivity contribution >= 4 is 10.8 Å². The van der Waals surface area contributed by atoms with Crippen molar-refractivity contribution in [1.29, 1.82) is 0 Å². The van der Waals surface area contributed by atoms with E-state index in [2.05, 4.69) is 5.32 Å². The monoisotopic (exact) mass is 199 g/mol. The normalized spacial score (nSPS) is 29.8. The lowest BCUT2D eigenvalue weighted by molar-refractivity contribution is 0.544. The SMILES string of the molecule is O=S1CCCNC(c2ccoc2)C1. The van der Waals surface area contributed by atoms with Gasteiger partial charge in [0.1, 0.15) is 0 Å². The molecule has 0 bridgehead atoms. The van der Waals surface area contributed by atoms with Crippen molar-refractivity contribution in [1.82, 2.24) is 5.32 Å². The molecule has 1 fully saturated rings. The van der Waals surface area contributed by atoms with Crippen LogP contribution < -0.4 is 5.32 Å². The van der Waals surface area contributed by atoms with Crippen molar-refractivity contribution < 1.29 is 8.63 Å². The lowest BCUT2D eigenvalue weighted by Crippen LogP contribution is -2.23. The van der Waals surface area contributed by atoms with E-state index in [4.69, 9.17) is 4.42 Å². The van der Waals surface area contributed by atoms with Gasteiger partial charge in [-0.15, -0.1) is 0 Å². The second-order valence-corrected chi connectivity index (χ2v) is 4.85. The molecule has 1 saturated heterocycles. The Morgan fingerprint density at radius 1 is 1.62 bits per heavy atom. The van der Waals surface area contributed by atoms with Crippen LogP contribution in [0.4, 0.5) is 0 Å². The summed E-state index contributed by atoms with van der Waals surface area (Å²) in [6.45, 7) is 0.946. The van der Waals surface area contributed by atoms with Crippen LogP contribution in [-0.2, 0) is 10.8 Å². The predicted octanol–water partition coefficient (Wildman–Crippen LogP) is 1.06. The zero-order valence-electron chi connectivity index (χ0n) is 7.36. The average Bonchev–Trinajstić information content (AvgIpc) is 2.56. The van der Waals surface area contributed by atoms with Gasteiger partial charge in [0.05, 0.1) is 12.5 Å². The van der Waals surface area contributed by atoms with Crippen LogP contribution in [0.25, 0.3) is 0 Å². The van der Waals surface area contributed by atoms with Gasteiger partial charge in [-0.25, -0.2) is 0 Å². The Balaban J connectivity index is 2.09. The molecule has 0 radical (unpaired) electrons. The van der Waals surface area contributed by atoms with Crippen LogP contribution in [-0.4, -0.2) is 22.3 Å². The first-order valence-corrected chi connectivity index (χ1v) is 5.95. The first-order chi connectivity index (χ1) is 6.36. The molecule has 0 spiro atoms. The van der Waals surface area contributed by atoms with E-state index in [9.17, 15) is 4.21 Å². The zero-order valence-corrected chi connectivity index (χ0v) is 8.18. The van der Waals surface area contributed by atoms with Crippen molar-refractivity contribution in [3.05, 3.63) is 24.2 Å². The second-order valence-electron chi connectivity index (χ2n) is 3.23. The Bertz CT molecular complexity index is 284. The third kappa shape index (κ3) is 2.19. The van der Waals surface area contributed by atoms with Crippen LogP contribution in [0.1, 0.15) is 18.0 Å². The van der Waals surface area contributed by atoms with Crippen LogP contribution >= 0.6 is 0 Å². The van der Waals surface area contributed by atoms with Crippen LogP contribution in [0.5, 0.6) is 0 Å². The summed E-state index contributed by atoms with van der Waals surface area (Å²) < 4.78 is 16.4. The fraction of sp³-hybridized carbons (Fsp3) is 0.556. The molecule has 1 aliphatic rings. The van der Waals surface area contributed by atoms with Gasteiger partial charge in [0.25, 0.3) is 0 Å². The number of furan rings is 1. The van der Waals surface area contributed by atoms with E-state index in [1.54, 1.807) is 12.5 Å². The minimum atomic E-state index is -0.676. The van der Waals surface area contributed by atoms with Crippen LogP contribution in [0, 0.1) is 0 Å². The first-order valence-electron chi connectivity index (χ1n) is 4.47. The number of hydrogen-bond donors (Lipinski definition) is 1. The van der Waals surface area contributed by atoms with Crippen LogP contribution in [0.15, 0.2) is 23.0 Å². The highest BCUT2D eigenvalue weighted by atomic mass is 32.2. The van der Waals surface area contributed by atoms with E-state index < -0.39 is 10.8 Å². The summed E-state index contributed by atoms with van der Waals surface area (Å²) in [6.07, 6.45) is 4.38. The average molecular weight is 199 g/mol. The summed E-state index contributed by atoms with van der Waals surface area (Å²) >= 11 is 0. The van der Waals surface area contributed by atoms with Gasteiger partial charge in [-0.05, 0) is 19.0 Å². The maximum atomic E-state index is 11.4. The lowest BCUT2D eigenvalue weighted by Gasteiger charge is -2.12. The first kappa shape index (κ1) is 8.97. The predicted molar refractivity (Wildman–Crippen MR) is 51.9 cm³/mol. The van der Waals surface area contributed by atoms with Gasteiger partial charge in [-0.1, -0.05) is 0 Å². The summed E-state index contributed by atoms with van der Waals surface area (Å²) in [5.41, 5.74) is 1.11. The number of hydrogen-bond acceptors (Lipinski definition) is 3. The molecule has 1 N–H and O–H groups in total. The van der Waals surface area contributed by atoms with Gasteiger partial charge >= 0.3 is 0 Å². The van der Waals surface area contributed by atoms with Gasteiger partial charge in [0, 0.05) is 33.9 Å². The minimum absolute atomic E-state index is 0.210. The minimum Gasteiger partial charge on any atom is -0.472 e. The molecule has 0 saturated carbocycles. The maximum Gasteiger partial charge on any atom is 0.0950 e. The third-order valence-corrected chi connectivity index (χ3v) is 3.69. The molecule has 1 aliphatic heterocycles. The van der Waals surface area contributed by atoms with E-state index in [1.165, 1.54) is 0 Å². The molecule has 4 heteroatoms. The van der Waals surface area contributed by atoms with Crippen molar-refractivity contribution in [2.24, 2.45) is 0 Å². The molecule has 2 unspecified atom stereocenters. The quantitative estimate of drug-likeness (QED) is 0.735. The summed E-state index contributed by atoms with van der Waals surface area (Å²) in [7, 11) is -0.676. The van der Waals surface area contributed by atoms with Gasteiger partial charge < -0.3 is 9.73 Å². The van der Waals surface area contributed by atoms with Crippen molar-refractivity contribution in [2.75, 3.05) is 18.1 Å². The molecule has 2 heterocycles. The molecule has 72 valence electrons. The van der Waals surface area contributed by atoms with Crippen molar-refractivity contribution in [2.45, 2.75) is 12.5 Å². The Kier molecular flexibility index (Phi) is 2.80. The third-order valence-electron chi connectivity index (χ3n) is 2.24. The van der Waals surface area contributed by atoms with E-state index in [-0.39, 0.29) is 6.04 Å². The highest BCUT2D eigenvalue weighted by molar-refractivity contribution is 7.85. The van der Waals surface area contributed by atoms with E-state index in [0.29, 0.717) is 5.75 Å². The Hall–Kier alpha value is -0.610. The van der Waals surface area contributed by atoms with Gasteiger partial charge in [0.2, 0.25) is 0 Å². The molecule has 0 aliphatic carbocycles. The van der Waals surface area contributed by atoms with E-state index in [0.717, 1.165) is 24.3 Å². The molecule has 13 heavy (non-hydrogen) atoms. The summed E-state index contributed by atoms with van der Waals surface area (Å²) in [5.74, 6) is 1.53. The molecule has 1 aromatic rings.